The standard InChI is InChI=1S/C25H30N4O3S/c1-20(22-8-10-23(11-9-22)28-18-15-26-19-28)27-25(30)14-7-21-5-12-24(13-6-21)33(31,32)29-16-3-2-4-17-29/h5-6,8-13,15,18-20H,2-4,7,14,16-17H2,1H3,(H,27,30). The van der Waals surface area contributed by atoms with Crippen LogP contribution in [-0.2, 0) is 21.2 Å². The van der Waals surface area contributed by atoms with Crippen molar-refractivity contribution in [3.05, 3.63) is 78.4 Å². The summed E-state index contributed by atoms with van der Waals surface area (Å²) in [6.45, 7) is 3.15. The second-order valence-corrected chi connectivity index (χ2v) is 10.4. The van der Waals surface area contributed by atoms with E-state index in [4.69, 9.17) is 0 Å². The van der Waals surface area contributed by atoms with E-state index in [1.54, 1.807) is 29.0 Å². The summed E-state index contributed by atoms with van der Waals surface area (Å²) in [5, 5.41) is 3.04. The van der Waals surface area contributed by atoms with Gasteiger partial charge in [0, 0.05) is 37.6 Å². The van der Waals surface area contributed by atoms with Gasteiger partial charge in [0.2, 0.25) is 15.9 Å². The van der Waals surface area contributed by atoms with Crippen LogP contribution in [0.25, 0.3) is 5.69 Å². The molecule has 0 spiro atoms. The molecule has 33 heavy (non-hydrogen) atoms. The van der Waals surface area contributed by atoms with Crippen molar-refractivity contribution < 1.29 is 13.2 Å². The zero-order valence-corrected chi connectivity index (χ0v) is 19.7. The molecule has 1 aromatic heterocycles. The minimum absolute atomic E-state index is 0.0359. The molecule has 1 aliphatic heterocycles. The summed E-state index contributed by atoms with van der Waals surface area (Å²) in [6.07, 6.45) is 9.18. The van der Waals surface area contributed by atoms with Crippen LogP contribution in [0.4, 0.5) is 0 Å². The second kappa shape index (κ2) is 10.3. The lowest BCUT2D eigenvalue weighted by molar-refractivity contribution is -0.121. The molecule has 0 aliphatic carbocycles. The molecule has 1 unspecified atom stereocenters. The van der Waals surface area contributed by atoms with Gasteiger partial charge in [-0.2, -0.15) is 4.31 Å². The molecule has 2 aromatic carbocycles. The van der Waals surface area contributed by atoms with Crippen LogP contribution in [0.15, 0.2) is 72.1 Å². The van der Waals surface area contributed by atoms with Gasteiger partial charge in [0.15, 0.2) is 0 Å². The average Bonchev–Trinajstić information content (AvgIpc) is 3.39. The van der Waals surface area contributed by atoms with E-state index in [1.165, 1.54) is 0 Å². The zero-order chi connectivity index (χ0) is 23.3. The van der Waals surface area contributed by atoms with Crippen LogP contribution in [0, 0.1) is 0 Å². The monoisotopic (exact) mass is 466 g/mol. The van der Waals surface area contributed by atoms with Crippen LogP contribution in [0.1, 0.15) is 49.8 Å². The number of aromatic nitrogens is 2. The van der Waals surface area contributed by atoms with E-state index >= 15 is 0 Å². The van der Waals surface area contributed by atoms with Crippen molar-refractivity contribution in [2.45, 2.75) is 50.0 Å². The van der Waals surface area contributed by atoms with Gasteiger partial charge in [-0.25, -0.2) is 13.4 Å². The maximum absolute atomic E-state index is 12.8. The number of piperidine rings is 1. The van der Waals surface area contributed by atoms with Gasteiger partial charge < -0.3 is 9.88 Å². The van der Waals surface area contributed by atoms with Gasteiger partial charge in [0.1, 0.15) is 0 Å². The Morgan fingerprint density at radius 3 is 2.36 bits per heavy atom. The summed E-state index contributed by atoms with van der Waals surface area (Å²) in [4.78, 5) is 16.8. The molecule has 2 heterocycles. The lowest BCUT2D eigenvalue weighted by Gasteiger charge is -2.25. The average molecular weight is 467 g/mol. The Bertz CT molecular complexity index is 1150. The lowest BCUT2D eigenvalue weighted by atomic mass is 10.1. The molecule has 1 amide bonds. The van der Waals surface area contributed by atoms with E-state index in [2.05, 4.69) is 10.3 Å². The molecule has 8 heteroatoms. The van der Waals surface area contributed by atoms with Crippen molar-refractivity contribution >= 4 is 15.9 Å². The highest BCUT2D eigenvalue weighted by Crippen LogP contribution is 2.21. The first-order valence-electron chi connectivity index (χ1n) is 11.4. The number of aryl methyl sites for hydroxylation is 1. The predicted octanol–water partition coefficient (Wildman–Crippen LogP) is 3.86. The smallest absolute Gasteiger partial charge is 0.243 e. The molecule has 0 saturated carbocycles. The third kappa shape index (κ3) is 5.69. The van der Waals surface area contributed by atoms with Gasteiger partial charge in [-0.15, -0.1) is 0 Å². The number of carbonyl (C=O) groups excluding carboxylic acids is 1. The molecule has 3 aromatic rings. The minimum atomic E-state index is -3.43. The van der Waals surface area contributed by atoms with E-state index < -0.39 is 10.0 Å². The highest BCUT2D eigenvalue weighted by Gasteiger charge is 2.25. The van der Waals surface area contributed by atoms with Crippen molar-refractivity contribution in [1.82, 2.24) is 19.2 Å². The summed E-state index contributed by atoms with van der Waals surface area (Å²) in [6, 6.07) is 14.8. The summed E-state index contributed by atoms with van der Waals surface area (Å²) in [5.41, 5.74) is 2.99. The number of sulfonamides is 1. The Hall–Kier alpha value is -2.97. The van der Waals surface area contributed by atoms with E-state index in [-0.39, 0.29) is 11.9 Å². The van der Waals surface area contributed by atoms with Gasteiger partial charge >= 0.3 is 0 Å². The summed E-state index contributed by atoms with van der Waals surface area (Å²) in [5.74, 6) is -0.0359. The Morgan fingerprint density at radius 1 is 1.03 bits per heavy atom. The largest absolute Gasteiger partial charge is 0.350 e. The number of imidazole rings is 1. The third-order valence-corrected chi connectivity index (χ3v) is 8.00. The first-order valence-corrected chi connectivity index (χ1v) is 12.8. The first-order chi connectivity index (χ1) is 15.9. The normalized spacial score (nSPS) is 15.8. The van der Waals surface area contributed by atoms with Crippen LogP contribution in [0.2, 0.25) is 0 Å². The fourth-order valence-corrected chi connectivity index (χ4v) is 5.60. The Morgan fingerprint density at radius 2 is 1.73 bits per heavy atom. The molecule has 4 rings (SSSR count). The Labute approximate surface area is 195 Å². The molecule has 7 nitrogen and oxygen atoms in total. The SMILES string of the molecule is CC(NC(=O)CCc1ccc(S(=O)(=O)N2CCCCC2)cc1)c1ccc(-n2ccnc2)cc1. The van der Waals surface area contributed by atoms with E-state index in [0.29, 0.717) is 30.8 Å². The first kappa shape index (κ1) is 23.2. The molecule has 1 N–H and O–H groups in total. The summed E-state index contributed by atoms with van der Waals surface area (Å²) in [7, 11) is -3.43. The Kier molecular flexibility index (Phi) is 7.25. The minimum Gasteiger partial charge on any atom is -0.350 e. The number of carbonyl (C=O) groups is 1. The van der Waals surface area contributed by atoms with Gasteiger partial charge in [-0.3, -0.25) is 4.79 Å². The number of rotatable bonds is 8. The van der Waals surface area contributed by atoms with Crippen LogP contribution >= 0.6 is 0 Å². The molecule has 1 fully saturated rings. The van der Waals surface area contributed by atoms with Gasteiger partial charge in [-0.05, 0) is 61.6 Å². The fourth-order valence-electron chi connectivity index (χ4n) is 4.08. The fraction of sp³-hybridized carbons (Fsp3) is 0.360. The Balaban J connectivity index is 1.28. The summed E-state index contributed by atoms with van der Waals surface area (Å²) >= 11 is 0. The van der Waals surface area contributed by atoms with Crippen molar-refractivity contribution in [1.29, 1.82) is 0 Å². The zero-order valence-electron chi connectivity index (χ0n) is 18.9. The number of hydrogen-bond donors (Lipinski definition) is 1. The topological polar surface area (TPSA) is 84.3 Å². The van der Waals surface area contributed by atoms with E-state index in [0.717, 1.165) is 36.1 Å². The maximum atomic E-state index is 12.8. The molecule has 174 valence electrons. The highest BCUT2D eigenvalue weighted by atomic mass is 32.2. The number of hydrogen-bond acceptors (Lipinski definition) is 4. The van der Waals surface area contributed by atoms with Crippen molar-refractivity contribution in [3.63, 3.8) is 0 Å². The second-order valence-electron chi connectivity index (χ2n) is 8.46. The van der Waals surface area contributed by atoms with Crippen molar-refractivity contribution in [2.24, 2.45) is 0 Å². The molecule has 1 saturated heterocycles. The third-order valence-electron chi connectivity index (χ3n) is 6.09. The quantitative estimate of drug-likeness (QED) is 0.546. The molecular weight excluding hydrogens is 436 g/mol. The van der Waals surface area contributed by atoms with E-state index in [9.17, 15) is 13.2 Å². The molecule has 1 atom stereocenters. The van der Waals surface area contributed by atoms with Gasteiger partial charge in [0.25, 0.3) is 0 Å². The molecular formula is C25H30N4O3S. The van der Waals surface area contributed by atoms with Gasteiger partial charge in [-0.1, -0.05) is 30.7 Å². The number of nitrogens with one attached hydrogen (secondary N) is 1. The number of nitrogens with zero attached hydrogens (tertiary/aromatic N) is 3. The van der Waals surface area contributed by atoms with Gasteiger partial charge in [0.05, 0.1) is 17.3 Å². The van der Waals surface area contributed by atoms with Crippen LogP contribution < -0.4 is 5.32 Å². The number of amides is 1. The molecule has 0 radical (unpaired) electrons. The number of benzene rings is 2. The lowest BCUT2D eigenvalue weighted by Crippen LogP contribution is -2.35. The van der Waals surface area contributed by atoms with Crippen molar-refractivity contribution in [2.75, 3.05) is 13.1 Å². The highest BCUT2D eigenvalue weighted by molar-refractivity contribution is 7.89. The van der Waals surface area contributed by atoms with E-state index in [1.807, 2.05) is 54.1 Å². The predicted molar refractivity (Wildman–Crippen MR) is 127 cm³/mol. The summed E-state index contributed by atoms with van der Waals surface area (Å²) < 4.78 is 29.0. The van der Waals surface area contributed by atoms with Crippen LogP contribution in [0.5, 0.6) is 0 Å². The van der Waals surface area contributed by atoms with Crippen LogP contribution in [0.3, 0.4) is 0 Å². The molecule has 0 bridgehead atoms. The molecule has 1 aliphatic rings. The van der Waals surface area contributed by atoms with Crippen LogP contribution in [-0.4, -0.2) is 41.3 Å². The van der Waals surface area contributed by atoms with Crippen molar-refractivity contribution in [3.8, 4) is 5.69 Å². The maximum Gasteiger partial charge on any atom is 0.243 e.